The molecule has 0 fully saturated rings. The molecule has 0 saturated carbocycles. The van der Waals surface area contributed by atoms with Crippen LogP contribution in [0.4, 0.5) is 0 Å². The molecule has 0 spiro atoms. The van der Waals surface area contributed by atoms with Gasteiger partial charge in [-0.15, -0.1) is 0 Å². The van der Waals surface area contributed by atoms with Gasteiger partial charge in [0, 0.05) is 12.8 Å². The maximum absolute atomic E-state index is 11.2. The Labute approximate surface area is 97.5 Å². The Hall–Kier alpha value is -0.620. The second-order valence-electron chi connectivity index (χ2n) is 4.73. The van der Waals surface area contributed by atoms with Gasteiger partial charge in [0.1, 0.15) is 16.4 Å². The van der Waals surface area contributed by atoms with Crippen molar-refractivity contribution in [3.8, 4) is 0 Å². The zero-order valence-corrected chi connectivity index (χ0v) is 11.2. The Morgan fingerprint density at radius 3 is 2.31 bits per heavy atom. The lowest BCUT2D eigenvalue weighted by molar-refractivity contribution is -0.130. The van der Waals surface area contributed by atoms with Gasteiger partial charge in [0.25, 0.3) is 0 Å². The molecule has 0 radical (unpaired) electrons. The molecule has 0 heterocycles. The summed E-state index contributed by atoms with van der Waals surface area (Å²) in [6.07, 6.45) is 1.61. The van der Waals surface area contributed by atoms with Crippen LogP contribution >= 0.6 is 0 Å². The van der Waals surface area contributed by atoms with E-state index in [1.807, 2.05) is 20.8 Å². The quantitative estimate of drug-likeness (QED) is 0.691. The maximum Gasteiger partial charge on any atom is 0.246 e. The molecule has 16 heavy (non-hydrogen) atoms. The normalized spacial score (nSPS) is 12.5. The molecule has 0 atom stereocenters. The average molecular weight is 251 g/mol. The van der Waals surface area contributed by atoms with Gasteiger partial charge in [-0.2, -0.15) is 0 Å². The van der Waals surface area contributed by atoms with Crippen molar-refractivity contribution >= 4 is 15.7 Å². The van der Waals surface area contributed by atoms with E-state index in [1.165, 1.54) is 6.26 Å². The van der Waals surface area contributed by atoms with Gasteiger partial charge in [0.05, 0.1) is 11.4 Å². The number of hydrogen-bond donors (Lipinski definition) is 1. The van der Waals surface area contributed by atoms with Gasteiger partial charge >= 0.3 is 0 Å². The molecule has 5 nitrogen and oxygen atoms in total. The second kappa shape index (κ2) is 6.20. The minimum atomic E-state index is -2.94. The Kier molecular flexibility index (Phi) is 5.96. The van der Waals surface area contributed by atoms with Crippen molar-refractivity contribution < 1.29 is 17.9 Å². The molecule has 1 N–H and O–H groups in total. The molecule has 0 unspecified atom stereocenters. The predicted molar refractivity (Wildman–Crippen MR) is 63.0 cm³/mol. The Balaban J connectivity index is 3.60. The summed E-state index contributed by atoms with van der Waals surface area (Å²) in [4.78, 5) is 11.2. The molecule has 1 amide bonds. The highest BCUT2D eigenvalue weighted by Gasteiger charge is 2.12. The van der Waals surface area contributed by atoms with E-state index in [9.17, 15) is 13.2 Å². The van der Waals surface area contributed by atoms with E-state index >= 15 is 0 Å². The summed E-state index contributed by atoms with van der Waals surface area (Å²) in [5.41, 5.74) is -0.343. The average Bonchev–Trinajstić information content (AvgIpc) is 2.06. The van der Waals surface area contributed by atoms with Gasteiger partial charge in [-0.1, -0.05) is 0 Å². The van der Waals surface area contributed by atoms with Crippen LogP contribution in [0, 0.1) is 0 Å². The van der Waals surface area contributed by atoms with E-state index in [2.05, 4.69) is 5.32 Å². The summed E-state index contributed by atoms with van der Waals surface area (Å²) in [7, 11) is -2.94. The fourth-order valence-corrected chi connectivity index (χ4v) is 1.56. The van der Waals surface area contributed by atoms with E-state index in [-0.39, 0.29) is 23.9 Å². The van der Waals surface area contributed by atoms with Crippen molar-refractivity contribution in [1.82, 2.24) is 5.32 Å². The highest BCUT2D eigenvalue weighted by atomic mass is 32.2. The van der Waals surface area contributed by atoms with Gasteiger partial charge in [-0.3, -0.25) is 4.79 Å². The summed E-state index contributed by atoms with van der Waals surface area (Å²) < 4.78 is 26.9. The summed E-state index contributed by atoms with van der Waals surface area (Å²) in [6, 6.07) is 0. The van der Waals surface area contributed by atoms with Gasteiger partial charge in [0.15, 0.2) is 0 Å². The van der Waals surface area contributed by atoms with Crippen molar-refractivity contribution in [3.63, 3.8) is 0 Å². The van der Waals surface area contributed by atoms with E-state index in [0.29, 0.717) is 13.0 Å². The molecule has 0 aromatic heterocycles. The van der Waals surface area contributed by atoms with Gasteiger partial charge in [-0.25, -0.2) is 8.42 Å². The number of sulfone groups is 1. The smallest absolute Gasteiger partial charge is 0.246 e. The molecule has 6 heteroatoms. The fourth-order valence-electron chi connectivity index (χ4n) is 0.895. The van der Waals surface area contributed by atoms with Crippen LogP contribution in [-0.2, 0) is 19.4 Å². The Morgan fingerprint density at radius 1 is 1.31 bits per heavy atom. The van der Waals surface area contributed by atoms with Crippen molar-refractivity contribution in [1.29, 1.82) is 0 Å². The topological polar surface area (TPSA) is 72.5 Å². The molecule has 0 aliphatic heterocycles. The fraction of sp³-hybridized carbons (Fsp3) is 0.900. The Morgan fingerprint density at radius 2 is 1.88 bits per heavy atom. The first-order chi connectivity index (χ1) is 7.10. The molecule has 96 valence electrons. The monoisotopic (exact) mass is 251 g/mol. The van der Waals surface area contributed by atoms with E-state index in [0.717, 1.165) is 0 Å². The van der Waals surface area contributed by atoms with E-state index in [1.54, 1.807) is 0 Å². The third-order valence-electron chi connectivity index (χ3n) is 1.65. The molecule has 0 aliphatic carbocycles. The number of hydrogen-bond acceptors (Lipinski definition) is 4. The van der Waals surface area contributed by atoms with E-state index in [4.69, 9.17) is 4.74 Å². The van der Waals surface area contributed by atoms with Crippen molar-refractivity contribution in [2.24, 2.45) is 0 Å². The van der Waals surface area contributed by atoms with Crippen LogP contribution in [0.2, 0.25) is 0 Å². The number of carbonyl (C=O) groups is 1. The molecule has 0 bridgehead atoms. The predicted octanol–water partition coefficient (Wildman–Crippen LogP) is 0.352. The highest BCUT2D eigenvalue weighted by molar-refractivity contribution is 7.90. The first kappa shape index (κ1) is 15.4. The number of ether oxygens (including phenoxy) is 1. The lowest BCUT2D eigenvalue weighted by Gasteiger charge is -2.18. The summed E-state index contributed by atoms with van der Waals surface area (Å²) in [6.45, 7) is 5.96. The summed E-state index contributed by atoms with van der Waals surface area (Å²) >= 11 is 0. The second-order valence-corrected chi connectivity index (χ2v) is 6.99. The van der Waals surface area contributed by atoms with Crippen LogP contribution in [0.1, 0.15) is 27.2 Å². The highest BCUT2D eigenvalue weighted by Crippen LogP contribution is 2.05. The van der Waals surface area contributed by atoms with Gasteiger partial charge < -0.3 is 10.1 Å². The van der Waals surface area contributed by atoms with Crippen LogP contribution in [0.3, 0.4) is 0 Å². The molecular formula is C10H21NO4S. The first-order valence-corrected chi connectivity index (χ1v) is 7.24. The van der Waals surface area contributed by atoms with Crippen molar-refractivity contribution in [2.45, 2.75) is 32.8 Å². The largest absolute Gasteiger partial charge is 0.366 e. The lowest BCUT2D eigenvalue weighted by Crippen LogP contribution is -2.33. The van der Waals surface area contributed by atoms with Crippen LogP contribution in [-0.4, -0.2) is 45.1 Å². The van der Waals surface area contributed by atoms with Crippen LogP contribution in [0.15, 0.2) is 0 Å². The zero-order chi connectivity index (χ0) is 12.8. The van der Waals surface area contributed by atoms with Gasteiger partial charge in [0.2, 0.25) is 5.91 Å². The first-order valence-electron chi connectivity index (χ1n) is 5.18. The van der Waals surface area contributed by atoms with Crippen molar-refractivity contribution in [2.75, 3.05) is 25.2 Å². The number of carbonyl (C=O) groups excluding carboxylic acids is 1. The maximum atomic E-state index is 11.2. The van der Waals surface area contributed by atoms with Crippen LogP contribution in [0.5, 0.6) is 0 Å². The standard InChI is InChI=1S/C10H21NO4S/c1-10(2,3)15-8-9(12)11-6-5-7-16(4,13)14/h5-8H2,1-4H3,(H,11,12). The number of nitrogens with one attached hydrogen (secondary N) is 1. The van der Waals surface area contributed by atoms with Crippen molar-refractivity contribution in [3.05, 3.63) is 0 Å². The minimum absolute atomic E-state index is 0.00236. The molecule has 0 rings (SSSR count). The molecule has 0 saturated heterocycles. The zero-order valence-electron chi connectivity index (χ0n) is 10.4. The summed E-state index contributed by atoms with van der Waals surface area (Å²) in [5, 5.41) is 2.60. The summed E-state index contributed by atoms with van der Waals surface area (Å²) in [5.74, 6) is -0.128. The third-order valence-corrected chi connectivity index (χ3v) is 2.68. The molecule has 0 aliphatic rings. The number of rotatable bonds is 6. The SMILES string of the molecule is CC(C)(C)OCC(=O)NCCCS(C)(=O)=O. The Bertz CT molecular complexity index is 316. The third kappa shape index (κ3) is 11.5. The minimum Gasteiger partial charge on any atom is -0.366 e. The van der Waals surface area contributed by atoms with Gasteiger partial charge in [-0.05, 0) is 27.2 Å². The van der Waals surface area contributed by atoms with Crippen LogP contribution < -0.4 is 5.32 Å². The number of amides is 1. The molecular weight excluding hydrogens is 230 g/mol. The molecule has 0 aromatic rings. The lowest BCUT2D eigenvalue weighted by atomic mass is 10.2. The molecule has 0 aromatic carbocycles. The van der Waals surface area contributed by atoms with Crippen LogP contribution in [0.25, 0.3) is 0 Å². The van der Waals surface area contributed by atoms with E-state index < -0.39 is 9.84 Å².